The first kappa shape index (κ1) is 10.3. The number of hydrogen-bond acceptors (Lipinski definition) is 0. The summed E-state index contributed by atoms with van der Waals surface area (Å²) in [5.74, 6) is 0.730. The Hall–Kier alpha value is -0.780. The molecular formula is C13H19. The molecular weight excluding hydrogens is 156 g/mol. The molecule has 0 saturated carbocycles. The summed E-state index contributed by atoms with van der Waals surface area (Å²) in [4.78, 5) is 0. The lowest BCUT2D eigenvalue weighted by Gasteiger charge is -2.06. The minimum absolute atomic E-state index is 0.730. The zero-order valence-corrected chi connectivity index (χ0v) is 8.93. The van der Waals surface area contributed by atoms with Crippen LogP contribution in [0.25, 0.3) is 0 Å². The minimum Gasteiger partial charge on any atom is -0.0651 e. The SMILES string of the molecule is CCCc1cc[c]c(CC(C)C)c1. The molecule has 0 heterocycles. The third kappa shape index (κ3) is 3.63. The van der Waals surface area contributed by atoms with Crippen LogP contribution in [0.1, 0.15) is 38.3 Å². The predicted molar refractivity (Wildman–Crippen MR) is 57.8 cm³/mol. The molecule has 0 spiro atoms. The predicted octanol–water partition coefficient (Wildman–Crippen LogP) is 3.64. The fourth-order valence-electron chi connectivity index (χ4n) is 1.57. The number of aryl methyl sites for hydroxylation is 1. The van der Waals surface area contributed by atoms with Gasteiger partial charge in [0.1, 0.15) is 0 Å². The quantitative estimate of drug-likeness (QED) is 0.655. The van der Waals surface area contributed by atoms with Crippen molar-refractivity contribution >= 4 is 0 Å². The van der Waals surface area contributed by atoms with Crippen LogP contribution in [0.15, 0.2) is 18.2 Å². The molecule has 0 aliphatic rings. The Kier molecular flexibility index (Phi) is 4.01. The molecule has 0 heteroatoms. The monoisotopic (exact) mass is 175 g/mol. The highest BCUT2D eigenvalue weighted by molar-refractivity contribution is 5.22. The lowest BCUT2D eigenvalue weighted by atomic mass is 10.00. The van der Waals surface area contributed by atoms with Gasteiger partial charge in [-0.25, -0.2) is 0 Å². The van der Waals surface area contributed by atoms with E-state index in [4.69, 9.17) is 0 Å². The van der Waals surface area contributed by atoms with Crippen LogP contribution in [0, 0.1) is 12.0 Å². The maximum atomic E-state index is 3.30. The van der Waals surface area contributed by atoms with E-state index in [0.717, 1.165) is 12.3 Å². The minimum atomic E-state index is 0.730. The topological polar surface area (TPSA) is 0 Å². The van der Waals surface area contributed by atoms with Gasteiger partial charge in [0.25, 0.3) is 0 Å². The fourth-order valence-corrected chi connectivity index (χ4v) is 1.57. The number of rotatable bonds is 4. The smallest absolute Gasteiger partial charge is 0.0149 e. The van der Waals surface area contributed by atoms with E-state index < -0.39 is 0 Å². The summed E-state index contributed by atoms with van der Waals surface area (Å²) < 4.78 is 0. The van der Waals surface area contributed by atoms with Crippen LogP contribution in [-0.4, -0.2) is 0 Å². The van der Waals surface area contributed by atoms with Crippen molar-refractivity contribution in [2.75, 3.05) is 0 Å². The number of hydrogen-bond donors (Lipinski definition) is 0. The second-order valence-electron chi connectivity index (χ2n) is 4.07. The molecule has 0 bridgehead atoms. The van der Waals surface area contributed by atoms with Crippen molar-refractivity contribution in [2.45, 2.75) is 40.0 Å². The largest absolute Gasteiger partial charge is 0.0651 e. The fraction of sp³-hybridized carbons (Fsp3) is 0.538. The molecule has 0 aliphatic carbocycles. The summed E-state index contributed by atoms with van der Waals surface area (Å²) in [5.41, 5.74) is 2.82. The van der Waals surface area contributed by atoms with Crippen LogP contribution in [-0.2, 0) is 12.8 Å². The van der Waals surface area contributed by atoms with E-state index in [0.29, 0.717) is 0 Å². The average Bonchev–Trinajstić information content (AvgIpc) is 2.04. The van der Waals surface area contributed by atoms with E-state index in [2.05, 4.69) is 45.0 Å². The molecule has 0 aliphatic heterocycles. The highest BCUT2D eigenvalue weighted by Crippen LogP contribution is 2.11. The van der Waals surface area contributed by atoms with Gasteiger partial charge in [-0.2, -0.15) is 0 Å². The Morgan fingerprint density at radius 3 is 2.77 bits per heavy atom. The molecule has 71 valence electrons. The molecule has 0 amide bonds. The molecule has 0 aromatic heterocycles. The Morgan fingerprint density at radius 1 is 1.38 bits per heavy atom. The van der Waals surface area contributed by atoms with E-state index in [9.17, 15) is 0 Å². The third-order valence-corrected chi connectivity index (χ3v) is 2.09. The van der Waals surface area contributed by atoms with E-state index in [1.807, 2.05) is 0 Å². The lowest BCUT2D eigenvalue weighted by Crippen LogP contribution is -1.95. The van der Waals surface area contributed by atoms with Crippen LogP contribution >= 0.6 is 0 Å². The van der Waals surface area contributed by atoms with Crippen molar-refractivity contribution < 1.29 is 0 Å². The second-order valence-corrected chi connectivity index (χ2v) is 4.07. The van der Waals surface area contributed by atoms with Crippen LogP contribution in [0.3, 0.4) is 0 Å². The molecule has 1 aromatic carbocycles. The van der Waals surface area contributed by atoms with Gasteiger partial charge < -0.3 is 0 Å². The van der Waals surface area contributed by atoms with Crippen molar-refractivity contribution in [1.29, 1.82) is 0 Å². The third-order valence-electron chi connectivity index (χ3n) is 2.09. The first-order valence-electron chi connectivity index (χ1n) is 5.22. The van der Waals surface area contributed by atoms with E-state index in [1.165, 1.54) is 24.0 Å². The van der Waals surface area contributed by atoms with Crippen molar-refractivity contribution in [3.8, 4) is 0 Å². The Balaban J connectivity index is 2.67. The van der Waals surface area contributed by atoms with Gasteiger partial charge in [0.05, 0.1) is 0 Å². The molecule has 1 radical (unpaired) electrons. The van der Waals surface area contributed by atoms with Gasteiger partial charge in [-0.3, -0.25) is 0 Å². The number of benzene rings is 1. The molecule has 0 atom stereocenters. The van der Waals surface area contributed by atoms with Gasteiger partial charge in [0.15, 0.2) is 0 Å². The lowest BCUT2D eigenvalue weighted by molar-refractivity contribution is 0.646. The molecule has 0 unspecified atom stereocenters. The summed E-state index contributed by atoms with van der Waals surface area (Å²) in [6, 6.07) is 9.83. The van der Waals surface area contributed by atoms with Crippen molar-refractivity contribution in [1.82, 2.24) is 0 Å². The van der Waals surface area contributed by atoms with Crippen LogP contribution in [0.5, 0.6) is 0 Å². The Bertz CT molecular complexity index is 248. The Labute approximate surface area is 82.0 Å². The normalized spacial score (nSPS) is 10.8. The summed E-state index contributed by atoms with van der Waals surface area (Å²) in [7, 11) is 0. The molecule has 0 fully saturated rings. The molecule has 0 N–H and O–H groups in total. The van der Waals surface area contributed by atoms with Crippen molar-refractivity contribution in [3.05, 3.63) is 35.4 Å². The zero-order valence-electron chi connectivity index (χ0n) is 8.93. The van der Waals surface area contributed by atoms with E-state index in [1.54, 1.807) is 0 Å². The standard InChI is InChI=1S/C13H19/c1-4-6-12-7-5-8-13(10-12)9-11(2)3/h5,7,10-11H,4,6,9H2,1-3H3. The first-order valence-corrected chi connectivity index (χ1v) is 5.22. The van der Waals surface area contributed by atoms with E-state index >= 15 is 0 Å². The summed E-state index contributed by atoms with van der Waals surface area (Å²) in [6.45, 7) is 6.72. The van der Waals surface area contributed by atoms with Crippen molar-refractivity contribution in [2.24, 2.45) is 5.92 Å². The van der Waals surface area contributed by atoms with Gasteiger partial charge >= 0.3 is 0 Å². The molecule has 0 nitrogen and oxygen atoms in total. The summed E-state index contributed by atoms with van der Waals surface area (Å²) >= 11 is 0. The summed E-state index contributed by atoms with van der Waals surface area (Å²) in [5, 5.41) is 0. The highest BCUT2D eigenvalue weighted by atomic mass is 14.0. The molecule has 13 heavy (non-hydrogen) atoms. The van der Waals surface area contributed by atoms with Crippen LogP contribution in [0.4, 0.5) is 0 Å². The maximum absolute atomic E-state index is 3.30. The van der Waals surface area contributed by atoms with Gasteiger partial charge in [0.2, 0.25) is 0 Å². The van der Waals surface area contributed by atoms with E-state index in [-0.39, 0.29) is 0 Å². The Morgan fingerprint density at radius 2 is 2.15 bits per heavy atom. The molecule has 1 aromatic rings. The second kappa shape index (κ2) is 5.06. The van der Waals surface area contributed by atoms with Gasteiger partial charge in [-0.1, -0.05) is 45.4 Å². The molecule has 0 saturated heterocycles. The van der Waals surface area contributed by atoms with Crippen molar-refractivity contribution in [3.63, 3.8) is 0 Å². The summed E-state index contributed by atoms with van der Waals surface area (Å²) in [6.07, 6.45) is 3.57. The van der Waals surface area contributed by atoms with Crippen LogP contribution in [0.2, 0.25) is 0 Å². The van der Waals surface area contributed by atoms with Gasteiger partial charge in [0, 0.05) is 0 Å². The maximum Gasteiger partial charge on any atom is -0.0149 e. The van der Waals surface area contributed by atoms with Gasteiger partial charge in [-0.05, 0) is 36.0 Å². The first-order chi connectivity index (χ1) is 6.22. The van der Waals surface area contributed by atoms with Crippen LogP contribution < -0.4 is 0 Å². The highest BCUT2D eigenvalue weighted by Gasteiger charge is 1.98. The molecule has 1 rings (SSSR count). The van der Waals surface area contributed by atoms with Gasteiger partial charge in [-0.15, -0.1) is 0 Å². The zero-order chi connectivity index (χ0) is 9.68. The average molecular weight is 175 g/mol.